The maximum atomic E-state index is 12.6. The van der Waals surface area contributed by atoms with Crippen LogP contribution in [0.15, 0.2) is 22.8 Å². The predicted octanol–water partition coefficient (Wildman–Crippen LogP) is 2.76. The highest BCUT2D eigenvalue weighted by atomic mass is 16.5. The van der Waals surface area contributed by atoms with Crippen molar-refractivity contribution in [3.05, 3.63) is 24.2 Å². The second kappa shape index (κ2) is 9.58. The van der Waals surface area contributed by atoms with Crippen molar-refractivity contribution < 1.29 is 23.5 Å². The highest BCUT2D eigenvalue weighted by molar-refractivity contribution is 5.95. The van der Waals surface area contributed by atoms with Crippen molar-refractivity contribution in [1.29, 1.82) is 0 Å². The lowest BCUT2D eigenvalue weighted by atomic mass is 9.94. The first kappa shape index (κ1) is 21.0. The highest BCUT2D eigenvalue weighted by Crippen LogP contribution is 2.22. The summed E-state index contributed by atoms with van der Waals surface area (Å²) in [6.45, 7) is 5.18. The predicted molar refractivity (Wildman–Crippen MR) is 100.0 cm³/mol. The zero-order valence-corrected chi connectivity index (χ0v) is 16.6. The molecule has 7 nitrogen and oxygen atoms in total. The molecule has 0 saturated heterocycles. The van der Waals surface area contributed by atoms with Crippen LogP contribution in [0.3, 0.4) is 0 Å². The van der Waals surface area contributed by atoms with Crippen molar-refractivity contribution in [3.8, 4) is 0 Å². The van der Waals surface area contributed by atoms with E-state index >= 15 is 0 Å². The Labute approximate surface area is 160 Å². The molecule has 0 aliphatic heterocycles. The smallest absolute Gasteiger partial charge is 0.329 e. The summed E-state index contributed by atoms with van der Waals surface area (Å²) in [4.78, 5) is 39.1. The van der Waals surface area contributed by atoms with Crippen LogP contribution in [0.1, 0.15) is 63.4 Å². The molecule has 0 spiro atoms. The van der Waals surface area contributed by atoms with E-state index in [0.717, 1.165) is 25.7 Å². The summed E-state index contributed by atoms with van der Waals surface area (Å²) in [6.07, 6.45) is 5.89. The van der Waals surface area contributed by atoms with Crippen LogP contribution in [0.4, 0.5) is 0 Å². The Hall–Kier alpha value is -2.31. The maximum Gasteiger partial charge on any atom is 0.329 e. The molecular weight excluding hydrogens is 348 g/mol. The summed E-state index contributed by atoms with van der Waals surface area (Å²) in [5.41, 5.74) is 0. The van der Waals surface area contributed by atoms with Crippen LogP contribution in [0, 0.1) is 5.92 Å². The van der Waals surface area contributed by atoms with E-state index in [1.165, 1.54) is 18.8 Å². The average molecular weight is 378 g/mol. The normalized spacial score (nSPS) is 17.2. The number of nitrogens with one attached hydrogen (secondary N) is 1. The molecular formula is C20H30N2O5. The standard InChI is InChI=1S/C20H30N2O5/c1-13(2)17(21-18(23)16-11-8-12-26-16)20(25)27-14(3)19(24)22(4)15-9-6-5-7-10-15/h8,11-15,17H,5-7,9-10H2,1-4H3,(H,21,23)/t14-,17+/m1/s1. The van der Waals surface area contributed by atoms with E-state index in [0.29, 0.717) is 0 Å². The van der Waals surface area contributed by atoms with E-state index in [1.807, 2.05) is 0 Å². The molecule has 7 heteroatoms. The molecule has 1 aliphatic rings. The number of esters is 1. The summed E-state index contributed by atoms with van der Waals surface area (Å²) >= 11 is 0. The number of amides is 2. The third kappa shape index (κ3) is 5.58. The molecule has 0 aromatic carbocycles. The molecule has 1 N–H and O–H groups in total. The van der Waals surface area contributed by atoms with Crippen LogP contribution in [-0.2, 0) is 14.3 Å². The lowest BCUT2D eigenvalue weighted by molar-refractivity contribution is -0.162. The van der Waals surface area contributed by atoms with Crippen molar-refractivity contribution in [1.82, 2.24) is 10.2 Å². The van der Waals surface area contributed by atoms with Crippen LogP contribution in [0.5, 0.6) is 0 Å². The van der Waals surface area contributed by atoms with Gasteiger partial charge in [0.2, 0.25) is 0 Å². The molecule has 2 rings (SSSR count). The Balaban J connectivity index is 1.94. The van der Waals surface area contributed by atoms with Gasteiger partial charge in [0.25, 0.3) is 11.8 Å². The van der Waals surface area contributed by atoms with E-state index in [1.54, 1.807) is 38.8 Å². The van der Waals surface area contributed by atoms with Gasteiger partial charge in [-0.1, -0.05) is 33.1 Å². The minimum Gasteiger partial charge on any atom is -0.459 e. The van der Waals surface area contributed by atoms with Gasteiger partial charge >= 0.3 is 5.97 Å². The Kier molecular flexibility index (Phi) is 7.45. The first-order valence-electron chi connectivity index (χ1n) is 9.62. The van der Waals surface area contributed by atoms with Gasteiger partial charge in [-0.05, 0) is 37.8 Å². The minimum absolute atomic E-state index is 0.120. The Bertz CT molecular complexity index is 635. The number of nitrogens with zero attached hydrogens (tertiary/aromatic N) is 1. The van der Waals surface area contributed by atoms with Crippen LogP contribution in [-0.4, -0.2) is 47.9 Å². The van der Waals surface area contributed by atoms with E-state index < -0.39 is 24.0 Å². The Morgan fingerprint density at radius 1 is 1.19 bits per heavy atom. The van der Waals surface area contributed by atoms with Gasteiger partial charge in [0, 0.05) is 13.1 Å². The molecule has 1 fully saturated rings. The van der Waals surface area contributed by atoms with Gasteiger partial charge in [0.05, 0.1) is 6.26 Å². The number of ether oxygens (including phenoxy) is 1. The van der Waals surface area contributed by atoms with Crippen molar-refractivity contribution in [2.24, 2.45) is 5.92 Å². The molecule has 0 radical (unpaired) electrons. The first-order chi connectivity index (χ1) is 12.8. The molecule has 1 saturated carbocycles. The number of carbonyl (C=O) groups is 3. The fourth-order valence-corrected chi connectivity index (χ4v) is 3.35. The van der Waals surface area contributed by atoms with Gasteiger partial charge in [0.15, 0.2) is 11.9 Å². The first-order valence-corrected chi connectivity index (χ1v) is 9.62. The van der Waals surface area contributed by atoms with Gasteiger partial charge in [0.1, 0.15) is 6.04 Å². The monoisotopic (exact) mass is 378 g/mol. The largest absolute Gasteiger partial charge is 0.459 e. The van der Waals surface area contributed by atoms with Crippen molar-refractivity contribution >= 4 is 17.8 Å². The summed E-state index contributed by atoms with van der Waals surface area (Å²) in [7, 11) is 1.77. The van der Waals surface area contributed by atoms with Gasteiger partial charge in [-0.2, -0.15) is 0 Å². The summed E-state index contributed by atoms with van der Waals surface area (Å²) in [6, 6.07) is 2.45. The fraction of sp³-hybridized carbons (Fsp3) is 0.650. The molecule has 0 bridgehead atoms. The second-order valence-corrected chi connectivity index (χ2v) is 7.49. The summed E-state index contributed by atoms with van der Waals surface area (Å²) < 4.78 is 10.4. The molecule has 1 aromatic rings. The van der Waals surface area contributed by atoms with Gasteiger partial charge in [-0.3, -0.25) is 9.59 Å². The van der Waals surface area contributed by atoms with E-state index in [9.17, 15) is 14.4 Å². The van der Waals surface area contributed by atoms with Gasteiger partial charge in [-0.15, -0.1) is 0 Å². The quantitative estimate of drug-likeness (QED) is 0.737. The maximum absolute atomic E-state index is 12.6. The SMILES string of the molecule is CC(C)[C@H](NC(=O)c1ccco1)C(=O)O[C@H](C)C(=O)N(C)C1CCCCC1. The van der Waals surface area contributed by atoms with E-state index in [2.05, 4.69) is 5.32 Å². The number of furan rings is 1. The lowest BCUT2D eigenvalue weighted by Gasteiger charge is -2.33. The molecule has 1 aromatic heterocycles. The molecule has 0 unspecified atom stereocenters. The van der Waals surface area contributed by atoms with Crippen molar-refractivity contribution in [2.75, 3.05) is 7.05 Å². The Morgan fingerprint density at radius 2 is 1.85 bits per heavy atom. The van der Waals surface area contributed by atoms with Crippen LogP contribution < -0.4 is 5.32 Å². The van der Waals surface area contributed by atoms with Crippen molar-refractivity contribution in [2.45, 2.75) is 71.1 Å². The fourth-order valence-electron chi connectivity index (χ4n) is 3.35. The second-order valence-electron chi connectivity index (χ2n) is 7.49. The summed E-state index contributed by atoms with van der Waals surface area (Å²) in [5.74, 6) is -1.41. The molecule has 27 heavy (non-hydrogen) atoms. The average Bonchev–Trinajstić information content (AvgIpc) is 3.19. The zero-order chi connectivity index (χ0) is 20.0. The van der Waals surface area contributed by atoms with Gasteiger partial charge in [-0.25, -0.2) is 4.79 Å². The Morgan fingerprint density at radius 3 is 2.41 bits per heavy atom. The molecule has 2 amide bonds. The van der Waals surface area contributed by atoms with Crippen LogP contribution in [0.25, 0.3) is 0 Å². The molecule has 2 atom stereocenters. The van der Waals surface area contributed by atoms with E-state index in [4.69, 9.17) is 9.15 Å². The van der Waals surface area contributed by atoms with Crippen LogP contribution >= 0.6 is 0 Å². The number of hydrogen-bond acceptors (Lipinski definition) is 5. The number of carbonyl (C=O) groups excluding carboxylic acids is 3. The highest BCUT2D eigenvalue weighted by Gasteiger charge is 2.32. The van der Waals surface area contributed by atoms with Gasteiger partial charge < -0.3 is 19.4 Å². The topological polar surface area (TPSA) is 88.9 Å². The lowest BCUT2D eigenvalue weighted by Crippen LogP contribution is -2.49. The zero-order valence-electron chi connectivity index (χ0n) is 16.6. The molecule has 1 heterocycles. The molecule has 1 aliphatic carbocycles. The van der Waals surface area contributed by atoms with E-state index in [-0.39, 0.29) is 23.6 Å². The number of likely N-dealkylation sites (N-methyl/N-ethyl adjacent to an activating group) is 1. The summed E-state index contributed by atoms with van der Waals surface area (Å²) in [5, 5.41) is 2.62. The third-order valence-corrected chi connectivity index (χ3v) is 5.06. The van der Waals surface area contributed by atoms with Crippen LogP contribution in [0.2, 0.25) is 0 Å². The molecule has 150 valence electrons. The number of rotatable bonds is 7. The minimum atomic E-state index is -0.897. The van der Waals surface area contributed by atoms with Crippen molar-refractivity contribution in [3.63, 3.8) is 0 Å². The number of hydrogen-bond donors (Lipinski definition) is 1. The third-order valence-electron chi connectivity index (χ3n) is 5.06.